The van der Waals surface area contributed by atoms with Crippen LogP contribution in [0, 0.1) is 5.92 Å². The third kappa shape index (κ3) is 6.96. The molecular weight excluding hydrogens is 705 g/mol. The predicted octanol–water partition coefficient (Wildman–Crippen LogP) is 4.51. The number of rotatable bonds is 14. The molecule has 2 fully saturated rings. The van der Waals surface area contributed by atoms with Crippen LogP contribution in [0.3, 0.4) is 0 Å². The summed E-state index contributed by atoms with van der Waals surface area (Å²) in [5.74, 6) is -2.18. The number of anilines is 1. The summed E-state index contributed by atoms with van der Waals surface area (Å²) in [6.07, 6.45) is 0.963. The van der Waals surface area contributed by atoms with Crippen LogP contribution in [0.4, 0.5) is 9.93 Å². The van der Waals surface area contributed by atoms with Gasteiger partial charge in [-0.3, -0.25) is 14.5 Å². The van der Waals surface area contributed by atoms with E-state index < -0.39 is 40.8 Å². The number of carboxylic acids is 1. The van der Waals surface area contributed by atoms with Crippen LogP contribution in [-0.4, -0.2) is 75.0 Å². The van der Waals surface area contributed by atoms with E-state index in [4.69, 9.17) is 20.3 Å². The van der Waals surface area contributed by atoms with Gasteiger partial charge in [-0.25, -0.2) is 14.6 Å². The highest BCUT2D eigenvalue weighted by Crippen LogP contribution is 2.42. The van der Waals surface area contributed by atoms with E-state index in [0.717, 1.165) is 34.4 Å². The van der Waals surface area contributed by atoms with Crippen molar-refractivity contribution in [3.8, 4) is 0 Å². The summed E-state index contributed by atoms with van der Waals surface area (Å²) in [4.78, 5) is 62.1. The second-order valence-electron chi connectivity index (χ2n) is 12.4. The van der Waals surface area contributed by atoms with Crippen LogP contribution in [0.25, 0.3) is 0 Å². The standard InChI is InChI=1S/C37H34N6O7S2/c38-35(48)49-19-23-20-51-33-29(32(45)43(33)30(23)34(46)47)40-31(44)28(42-50-18-22-16-17-22)27-21-52-36(39-27)41-37(24-10-4-1-5-11-24,25-12-6-2-7-13-25)26-14-8-3-9-15-26/h1-15,21-22,29,33H,16-20H2,(H2,38,48)(H,39,41)(H,40,44)(H,46,47)/b42-28+/t29-,33-/m1/s1. The molecule has 3 aliphatic rings. The molecule has 2 atom stereocenters. The highest BCUT2D eigenvalue weighted by Gasteiger charge is 2.54. The minimum atomic E-state index is -1.36. The highest BCUT2D eigenvalue weighted by molar-refractivity contribution is 8.00. The molecule has 2 aliphatic heterocycles. The number of nitrogens with one attached hydrogen (secondary N) is 2. The number of ether oxygens (including phenoxy) is 1. The number of thiazole rings is 1. The van der Waals surface area contributed by atoms with Crippen LogP contribution in [0.15, 0.2) is 113 Å². The molecule has 7 rings (SSSR count). The van der Waals surface area contributed by atoms with E-state index in [-0.39, 0.29) is 35.0 Å². The molecule has 4 aromatic rings. The van der Waals surface area contributed by atoms with E-state index in [1.165, 1.54) is 23.1 Å². The SMILES string of the molecule is NC(=O)OCC1=C(C(=O)O)N2C(=O)[C@@H](NC(=O)/C(=N/OCC3CC3)c3csc(NC(c4ccccc4)(c4ccccc4)c4ccccc4)n3)[C@H]2SC1. The highest BCUT2D eigenvalue weighted by atomic mass is 32.2. The third-order valence-corrected chi connectivity index (χ3v) is 11.1. The second-order valence-corrected chi connectivity index (χ2v) is 14.4. The van der Waals surface area contributed by atoms with E-state index in [0.29, 0.717) is 17.7 Å². The third-order valence-electron chi connectivity index (χ3n) is 8.96. The molecule has 1 aliphatic carbocycles. The normalized spacial score (nSPS) is 18.6. The van der Waals surface area contributed by atoms with Crippen molar-refractivity contribution in [2.24, 2.45) is 16.8 Å². The Balaban J connectivity index is 1.18. The fourth-order valence-electron chi connectivity index (χ4n) is 6.24. The Morgan fingerprint density at radius 2 is 1.56 bits per heavy atom. The van der Waals surface area contributed by atoms with Gasteiger partial charge in [0.1, 0.15) is 41.6 Å². The number of carbonyl (C=O) groups excluding carboxylic acids is 3. The van der Waals surface area contributed by atoms with Crippen molar-refractivity contribution in [1.29, 1.82) is 0 Å². The molecule has 1 saturated heterocycles. The van der Waals surface area contributed by atoms with Gasteiger partial charge in [-0.1, -0.05) is 96.2 Å². The van der Waals surface area contributed by atoms with E-state index >= 15 is 0 Å². The first-order chi connectivity index (χ1) is 25.3. The number of hydrogen-bond acceptors (Lipinski definition) is 11. The smallest absolute Gasteiger partial charge is 0.404 e. The van der Waals surface area contributed by atoms with Gasteiger partial charge in [-0.2, -0.15) is 0 Å². The minimum absolute atomic E-state index is 0.119. The molecule has 0 unspecified atom stereocenters. The van der Waals surface area contributed by atoms with Gasteiger partial charge in [-0.15, -0.1) is 23.1 Å². The van der Waals surface area contributed by atoms with Gasteiger partial charge in [-0.05, 0) is 35.4 Å². The van der Waals surface area contributed by atoms with Crippen LogP contribution < -0.4 is 16.4 Å². The minimum Gasteiger partial charge on any atom is -0.477 e. The van der Waals surface area contributed by atoms with Crippen LogP contribution in [0.5, 0.6) is 0 Å². The van der Waals surface area contributed by atoms with Crippen molar-refractivity contribution in [2.75, 3.05) is 24.3 Å². The Hall–Kier alpha value is -5.67. The van der Waals surface area contributed by atoms with Gasteiger partial charge >= 0.3 is 12.1 Å². The van der Waals surface area contributed by atoms with E-state index in [2.05, 4.69) is 52.2 Å². The zero-order valence-corrected chi connectivity index (χ0v) is 29.3. The second kappa shape index (κ2) is 14.9. The lowest BCUT2D eigenvalue weighted by Crippen LogP contribution is -2.71. The molecule has 15 heteroatoms. The zero-order valence-electron chi connectivity index (χ0n) is 27.6. The number of benzene rings is 3. The van der Waals surface area contributed by atoms with Crippen molar-refractivity contribution in [3.63, 3.8) is 0 Å². The number of primary amides is 1. The maximum atomic E-state index is 13.9. The van der Waals surface area contributed by atoms with Gasteiger partial charge in [0.2, 0.25) is 0 Å². The zero-order chi connectivity index (χ0) is 36.2. The Morgan fingerprint density at radius 3 is 2.10 bits per heavy atom. The van der Waals surface area contributed by atoms with Crippen LogP contribution in [0.1, 0.15) is 35.2 Å². The summed E-state index contributed by atoms with van der Waals surface area (Å²) in [5.41, 5.74) is 7.16. The number of nitrogens with zero attached hydrogens (tertiary/aromatic N) is 3. The molecule has 5 N–H and O–H groups in total. The van der Waals surface area contributed by atoms with Crippen LogP contribution in [-0.2, 0) is 29.5 Å². The number of carbonyl (C=O) groups is 4. The van der Waals surface area contributed by atoms with Crippen LogP contribution >= 0.6 is 23.1 Å². The predicted molar refractivity (Wildman–Crippen MR) is 195 cm³/mol. The summed E-state index contributed by atoms with van der Waals surface area (Å²) in [5, 5.41) is 22.1. The lowest BCUT2D eigenvalue weighted by Gasteiger charge is -2.49. The summed E-state index contributed by atoms with van der Waals surface area (Å²) < 4.78 is 4.80. The number of thioether (sulfide) groups is 1. The van der Waals surface area contributed by atoms with Gasteiger partial charge in [0, 0.05) is 16.7 Å². The fourth-order valence-corrected chi connectivity index (χ4v) is 8.32. The first-order valence-electron chi connectivity index (χ1n) is 16.5. The lowest BCUT2D eigenvalue weighted by molar-refractivity contribution is -0.150. The molecule has 3 aromatic carbocycles. The van der Waals surface area contributed by atoms with Crippen molar-refractivity contribution >= 4 is 57.8 Å². The average molecular weight is 739 g/mol. The first kappa shape index (κ1) is 34.8. The van der Waals surface area contributed by atoms with Crippen molar-refractivity contribution in [3.05, 3.63) is 130 Å². The topological polar surface area (TPSA) is 186 Å². The molecule has 0 spiro atoms. The fraction of sp³-hybridized carbons (Fsp3) is 0.243. The van der Waals surface area contributed by atoms with E-state index in [1.807, 2.05) is 54.6 Å². The molecule has 3 amide bonds. The van der Waals surface area contributed by atoms with Crippen LogP contribution in [0.2, 0.25) is 0 Å². The molecular formula is C37H34N6O7S2. The molecule has 0 bridgehead atoms. The number of carboxylic acid groups (broad SMARTS) is 1. The summed E-state index contributed by atoms with van der Waals surface area (Å²) in [6, 6.07) is 29.0. The van der Waals surface area contributed by atoms with Crippen molar-refractivity contribution in [2.45, 2.75) is 29.8 Å². The molecule has 0 radical (unpaired) electrons. The van der Waals surface area contributed by atoms with Gasteiger partial charge in [0.25, 0.3) is 11.8 Å². The number of aliphatic carboxylic acids is 1. The number of oxime groups is 1. The van der Waals surface area contributed by atoms with Gasteiger partial charge in [0.15, 0.2) is 10.8 Å². The number of aromatic nitrogens is 1. The monoisotopic (exact) mass is 738 g/mol. The largest absolute Gasteiger partial charge is 0.477 e. The Labute approximate surface area is 306 Å². The molecule has 13 nitrogen and oxygen atoms in total. The van der Waals surface area contributed by atoms with Gasteiger partial charge < -0.3 is 31.0 Å². The van der Waals surface area contributed by atoms with Crippen molar-refractivity contribution in [1.82, 2.24) is 15.2 Å². The molecule has 1 saturated carbocycles. The van der Waals surface area contributed by atoms with Crippen molar-refractivity contribution < 1.29 is 33.9 Å². The summed E-state index contributed by atoms with van der Waals surface area (Å²) in [6.45, 7) is -0.0321. The molecule has 266 valence electrons. The number of fused-ring (bicyclic) bond motifs is 1. The Kier molecular flexibility index (Phi) is 9.96. The molecule has 3 heterocycles. The summed E-state index contributed by atoms with van der Waals surface area (Å²) in [7, 11) is 0. The first-order valence-corrected chi connectivity index (χ1v) is 18.4. The maximum Gasteiger partial charge on any atom is 0.404 e. The lowest BCUT2D eigenvalue weighted by atomic mass is 9.77. The average Bonchev–Trinajstić information content (AvgIpc) is 3.89. The van der Waals surface area contributed by atoms with E-state index in [9.17, 15) is 24.3 Å². The maximum absolute atomic E-state index is 13.9. The quantitative estimate of drug-likeness (QED) is 0.0621. The number of hydrogen-bond donors (Lipinski definition) is 4. The molecule has 1 aromatic heterocycles. The number of β-lactam (4-membered cyclic amide) rings is 1. The molecule has 52 heavy (non-hydrogen) atoms. The Bertz CT molecular complexity index is 1940. The number of nitrogens with two attached hydrogens (primary N) is 1. The Morgan fingerprint density at radius 1 is 0.962 bits per heavy atom. The number of amides is 3. The van der Waals surface area contributed by atoms with Gasteiger partial charge in [0.05, 0.1) is 0 Å². The summed E-state index contributed by atoms with van der Waals surface area (Å²) >= 11 is 2.52. The van der Waals surface area contributed by atoms with E-state index in [1.54, 1.807) is 5.38 Å².